The fourth-order valence-corrected chi connectivity index (χ4v) is 4.35. The van der Waals surface area contributed by atoms with Crippen LogP contribution in [0.3, 0.4) is 0 Å². The first-order valence-electron chi connectivity index (χ1n) is 11.2. The molecule has 2 aromatic carbocycles. The van der Waals surface area contributed by atoms with Crippen LogP contribution in [0.15, 0.2) is 42.6 Å². The highest BCUT2D eigenvalue weighted by molar-refractivity contribution is 5.94. The Balaban J connectivity index is 2.41. The summed E-state index contributed by atoms with van der Waals surface area (Å²) in [5, 5.41) is 2.63. The first kappa shape index (κ1) is 22.5. The molecular formula is C29H40N+. The van der Waals surface area contributed by atoms with E-state index in [1.807, 2.05) is 0 Å². The summed E-state index contributed by atoms with van der Waals surface area (Å²) in [6.45, 7) is 23.1. The molecule has 0 bridgehead atoms. The van der Waals surface area contributed by atoms with E-state index in [1.165, 1.54) is 44.3 Å². The number of hydrogen-bond donors (Lipinski definition) is 0. The molecule has 1 aromatic heterocycles. The number of pyridine rings is 1. The van der Waals surface area contributed by atoms with E-state index in [1.54, 1.807) is 0 Å². The lowest BCUT2D eigenvalue weighted by molar-refractivity contribution is -0.659. The summed E-state index contributed by atoms with van der Waals surface area (Å²) in [7, 11) is 2.17. The van der Waals surface area contributed by atoms with Gasteiger partial charge in [-0.2, -0.15) is 0 Å². The third kappa shape index (κ3) is 4.17. The Bertz CT molecular complexity index is 1100. The second kappa shape index (κ2) is 7.22. The second-order valence-corrected chi connectivity index (χ2v) is 12.0. The summed E-state index contributed by atoms with van der Waals surface area (Å²) in [6.07, 6.45) is 2.21. The molecule has 1 heteroatoms. The smallest absolute Gasteiger partial charge is 0.200 e. The second-order valence-electron chi connectivity index (χ2n) is 12.0. The van der Waals surface area contributed by atoms with Crippen molar-refractivity contribution >= 4 is 10.8 Å². The summed E-state index contributed by atoms with van der Waals surface area (Å²) in [4.78, 5) is 0. The van der Waals surface area contributed by atoms with Crippen molar-refractivity contribution in [1.82, 2.24) is 0 Å². The zero-order valence-electron chi connectivity index (χ0n) is 21.0. The van der Waals surface area contributed by atoms with Crippen molar-refractivity contribution in [3.8, 4) is 11.3 Å². The minimum Gasteiger partial charge on any atom is -0.200 e. The summed E-state index contributed by atoms with van der Waals surface area (Å²) < 4.78 is 2.29. The normalized spacial score (nSPS) is 13.2. The van der Waals surface area contributed by atoms with Crippen molar-refractivity contribution in [3.05, 3.63) is 64.8 Å². The van der Waals surface area contributed by atoms with Crippen molar-refractivity contribution in [2.45, 2.75) is 85.5 Å². The molecule has 0 aliphatic heterocycles. The van der Waals surface area contributed by atoms with Crippen LogP contribution in [0.4, 0.5) is 0 Å². The predicted octanol–water partition coefficient (Wildman–Crippen LogP) is 7.53. The average Bonchev–Trinajstić information content (AvgIpc) is 2.59. The molecule has 0 N–H and O–H groups in total. The van der Waals surface area contributed by atoms with Gasteiger partial charge in [-0.15, -0.1) is 0 Å². The van der Waals surface area contributed by atoms with Crippen LogP contribution in [-0.2, 0) is 23.3 Å². The molecule has 1 heterocycles. The Labute approximate surface area is 184 Å². The number of aromatic nitrogens is 1. The first-order valence-corrected chi connectivity index (χ1v) is 11.2. The fourth-order valence-electron chi connectivity index (χ4n) is 4.35. The van der Waals surface area contributed by atoms with Crippen molar-refractivity contribution in [2.24, 2.45) is 7.05 Å². The van der Waals surface area contributed by atoms with Crippen LogP contribution in [0.5, 0.6) is 0 Å². The standard InChI is InChI=1S/C29H40N/c1-19-24(17-22(28(5,6)7)18-25(19)29(8,9)10)26-23-13-12-21(27(2,3)4)16-20(23)14-15-30(26)11/h12-18H,1-11H3/q+1. The number of fused-ring (bicyclic) bond motifs is 1. The zero-order chi connectivity index (χ0) is 22.6. The van der Waals surface area contributed by atoms with Gasteiger partial charge in [0, 0.05) is 6.07 Å². The maximum atomic E-state index is 2.43. The van der Waals surface area contributed by atoms with Gasteiger partial charge in [0.1, 0.15) is 7.05 Å². The summed E-state index contributed by atoms with van der Waals surface area (Å²) in [5.74, 6) is 0. The number of nitrogens with zero attached hydrogens (tertiary/aromatic N) is 1. The lowest BCUT2D eigenvalue weighted by atomic mass is 9.76. The van der Waals surface area contributed by atoms with Gasteiger partial charge in [0.25, 0.3) is 0 Å². The molecule has 0 radical (unpaired) electrons. The number of hydrogen-bond acceptors (Lipinski definition) is 0. The van der Waals surface area contributed by atoms with E-state index in [0.717, 1.165) is 0 Å². The number of rotatable bonds is 1. The van der Waals surface area contributed by atoms with Gasteiger partial charge in [-0.25, -0.2) is 4.57 Å². The summed E-state index contributed by atoms with van der Waals surface area (Å²) in [5.41, 5.74) is 8.61. The van der Waals surface area contributed by atoms with Crippen molar-refractivity contribution in [3.63, 3.8) is 0 Å². The van der Waals surface area contributed by atoms with E-state index in [9.17, 15) is 0 Å². The lowest BCUT2D eigenvalue weighted by Crippen LogP contribution is -2.31. The molecule has 3 aromatic rings. The Hall–Kier alpha value is -2.15. The van der Waals surface area contributed by atoms with Gasteiger partial charge >= 0.3 is 0 Å². The molecule has 0 aliphatic rings. The predicted molar refractivity (Wildman–Crippen MR) is 131 cm³/mol. The third-order valence-corrected chi connectivity index (χ3v) is 6.34. The molecule has 0 saturated carbocycles. The van der Waals surface area contributed by atoms with Gasteiger partial charge in [-0.05, 0) is 62.9 Å². The van der Waals surface area contributed by atoms with Crippen molar-refractivity contribution in [1.29, 1.82) is 0 Å². The van der Waals surface area contributed by atoms with Crippen LogP contribution in [0.2, 0.25) is 0 Å². The van der Waals surface area contributed by atoms with Crippen LogP contribution in [0.1, 0.15) is 84.6 Å². The molecular weight excluding hydrogens is 362 g/mol. The van der Waals surface area contributed by atoms with Gasteiger partial charge in [-0.1, -0.05) is 80.5 Å². The molecule has 0 saturated heterocycles. The van der Waals surface area contributed by atoms with Crippen LogP contribution in [0, 0.1) is 6.92 Å². The van der Waals surface area contributed by atoms with Gasteiger partial charge in [-0.3, -0.25) is 0 Å². The molecule has 0 atom stereocenters. The maximum absolute atomic E-state index is 2.43. The van der Waals surface area contributed by atoms with E-state index < -0.39 is 0 Å². The highest BCUT2D eigenvalue weighted by Gasteiger charge is 2.27. The molecule has 0 fully saturated rings. The van der Waals surface area contributed by atoms with E-state index >= 15 is 0 Å². The molecule has 30 heavy (non-hydrogen) atoms. The van der Waals surface area contributed by atoms with Crippen LogP contribution in [-0.4, -0.2) is 0 Å². The van der Waals surface area contributed by atoms with Crippen molar-refractivity contribution in [2.75, 3.05) is 0 Å². The zero-order valence-corrected chi connectivity index (χ0v) is 21.0. The summed E-state index contributed by atoms with van der Waals surface area (Å²) in [6, 6.07) is 14.1. The molecule has 1 nitrogen and oxygen atoms in total. The number of benzene rings is 2. The van der Waals surface area contributed by atoms with E-state index in [2.05, 4.69) is 123 Å². The van der Waals surface area contributed by atoms with Gasteiger partial charge in [0.15, 0.2) is 6.20 Å². The van der Waals surface area contributed by atoms with Gasteiger partial charge in [0.05, 0.1) is 10.9 Å². The van der Waals surface area contributed by atoms with Crippen LogP contribution >= 0.6 is 0 Å². The Morgan fingerprint density at radius 3 is 1.80 bits per heavy atom. The van der Waals surface area contributed by atoms with Crippen LogP contribution in [0.25, 0.3) is 22.0 Å². The molecule has 0 aliphatic carbocycles. The number of aryl methyl sites for hydroxylation is 1. The van der Waals surface area contributed by atoms with Gasteiger partial charge < -0.3 is 0 Å². The Morgan fingerprint density at radius 1 is 0.667 bits per heavy atom. The maximum Gasteiger partial charge on any atom is 0.220 e. The van der Waals surface area contributed by atoms with E-state index in [4.69, 9.17) is 0 Å². The summed E-state index contributed by atoms with van der Waals surface area (Å²) >= 11 is 0. The van der Waals surface area contributed by atoms with E-state index in [0.29, 0.717) is 0 Å². The average molecular weight is 403 g/mol. The quantitative estimate of drug-likeness (QED) is 0.370. The molecule has 0 spiro atoms. The lowest BCUT2D eigenvalue weighted by Gasteiger charge is -2.28. The van der Waals surface area contributed by atoms with Crippen molar-refractivity contribution < 1.29 is 4.57 Å². The van der Waals surface area contributed by atoms with Gasteiger partial charge in [0.2, 0.25) is 5.69 Å². The monoisotopic (exact) mass is 402 g/mol. The fraction of sp³-hybridized carbons (Fsp3) is 0.483. The Kier molecular flexibility index (Phi) is 5.42. The minimum absolute atomic E-state index is 0.0999. The van der Waals surface area contributed by atoms with E-state index in [-0.39, 0.29) is 16.2 Å². The first-order chi connectivity index (χ1) is 13.6. The largest absolute Gasteiger partial charge is 0.220 e. The molecule has 0 amide bonds. The highest BCUT2D eigenvalue weighted by atomic mass is 14.9. The Morgan fingerprint density at radius 2 is 1.27 bits per heavy atom. The highest BCUT2D eigenvalue weighted by Crippen LogP contribution is 2.39. The SMILES string of the molecule is Cc1c(-c2c3ccc(C(C)(C)C)cc3cc[n+]2C)cc(C(C)(C)C)cc1C(C)(C)C. The third-order valence-electron chi connectivity index (χ3n) is 6.34. The molecule has 160 valence electrons. The molecule has 0 unspecified atom stereocenters. The molecule has 3 rings (SSSR count). The topological polar surface area (TPSA) is 3.88 Å². The minimum atomic E-state index is 0.0999. The van der Waals surface area contributed by atoms with Crippen LogP contribution < -0.4 is 4.57 Å².